The number of nitrogen functional groups attached to an aromatic ring is 1. The Morgan fingerprint density at radius 2 is 1.85 bits per heavy atom. The zero-order chi connectivity index (χ0) is 14.5. The summed E-state index contributed by atoms with van der Waals surface area (Å²) in [7, 11) is 0. The summed E-state index contributed by atoms with van der Waals surface area (Å²) in [4.78, 5) is 12.1. The molecule has 2 aromatic carbocycles. The van der Waals surface area contributed by atoms with Gasteiger partial charge in [0.25, 0.3) is 0 Å². The van der Waals surface area contributed by atoms with Crippen LogP contribution >= 0.6 is 22.6 Å². The molecule has 3 nitrogen and oxygen atoms in total. The molecule has 4 heteroatoms. The van der Waals surface area contributed by atoms with Gasteiger partial charge in [-0.25, -0.2) is 0 Å². The van der Waals surface area contributed by atoms with Gasteiger partial charge < -0.3 is 11.1 Å². The molecule has 3 N–H and O–H groups in total. The third-order valence-corrected chi connectivity index (χ3v) is 4.09. The summed E-state index contributed by atoms with van der Waals surface area (Å²) in [5, 5.41) is 2.95. The highest BCUT2D eigenvalue weighted by molar-refractivity contribution is 14.1. The molecule has 0 radical (unpaired) electrons. The van der Waals surface area contributed by atoms with Gasteiger partial charge in [0, 0.05) is 15.7 Å². The van der Waals surface area contributed by atoms with Crippen LogP contribution in [-0.2, 0) is 4.79 Å². The second-order valence-corrected chi connectivity index (χ2v) is 5.96. The molecular formula is C16H17IN2O. The van der Waals surface area contributed by atoms with Gasteiger partial charge in [0.05, 0.1) is 5.69 Å². The van der Waals surface area contributed by atoms with Crippen molar-refractivity contribution in [3.05, 3.63) is 57.7 Å². The van der Waals surface area contributed by atoms with Crippen LogP contribution in [0.3, 0.4) is 0 Å². The van der Waals surface area contributed by atoms with Gasteiger partial charge in [-0.3, -0.25) is 4.79 Å². The molecule has 2 rings (SSSR count). The maximum atomic E-state index is 12.1. The first-order valence-corrected chi connectivity index (χ1v) is 7.54. The molecule has 20 heavy (non-hydrogen) atoms. The van der Waals surface area contributed by atoms with Gasteiger partial charge in [-0.05, 0) is 58.3 Å². The first-order chi connectivity index (χ1) is 9.56. The van der Waals surface area contributed by atoms with Gasteiger partial charge in [-0.2, -0.15) is 0 Å². The van der Waals surface area contributed by atoms with E-state index in [9.17, 15) is 4.79 Å². The molecule has 104 valence electrons. The maximum Gasteiger partial charge on any atom is 0.225 e. The highest BCUT2D eigenvalue weighted by atomic mass is 127. The lowest BCUT2D eigenvalue weighted by Gasteiger charge is -2.13. The van der Waals surface area contributed by atoms with E-state index in [1.54, 1.807) is 0 Å². The number of nitrogens with two attached hydrogens (primary N) is 1. The van der Waals surface area contributed by atoms with Crippen LogP contribution in [0.5, 0.6) is 0 Å². The number of amides is 1. The number of hydrogen-bond donors (Lipinski definition) is 2. The van der Waals surface area contributed by atoms with Crippen LogP contribution in [0, 0.1) is 3.57 Å². The molecule has 0 spiro atoms. The fourth-order valence-electron chi connectivity index (χ4n) is 1.98. The summed E-state index contributed by atoms with van der Waals surface area (Å²) < 4.78 is 1.04. The standard InChI is InChI=1S/C16H17IN2O/c1-11(12-6-8-13(18)9-7-12)10-16(20)19-15-5-3-2-4-14(15)17/h2-9,11H,10,18H2,1H3,(H,19,20). The fourth-order valence-corrected chi connectivity index (χ4v) is 2.51. The van der Waals surface area contributed by atoms with Gasteiger partial charge in [0.1, 0.15) is 0 Å². The van der Waals surface area contributed by atoms with E-state index in [4.69, 9.17) is 5.73 Å². The van der Waals surface area contributed by atoms with E-state index in [1.807, 2.05) is 55.5 Å². The lowest BCUT2D eigenvalue weighted by molar-refractivity contribution is -0.116. The number of hydrogen-bond acceptors (Lipinski definition) is 2. The average molecular weight is 380 g/mol. The molecule has 0 aliphatic heterocycles. The summed E-state index contributed by atoms with van der Waals surface area (Å²) >= 11 is 2.21. The molecular weight excluding hydrogens is 363 g/mol. The van der Waals surface area contributed by atoms with Crippen LogP contribution in [0.1, 0.15) is 24.8 Å². The quantitative estimate of drug-likeness (QED) is 0.622. The Hall–Kier alpha value is -1.56. The molecule has 1 atom stereocenters. The minimum atomic E-state index is 0.0263. The summed E-state index contributed by atoms with van der Waals surface area (Å²) in [5.74, 6) is 0.190. The average Bonchev–Trinajstić information content (AvgIpc) is 2.42. The summed E-state index contributed by atoms with van der Waals surface area (Å²) in [5.41, 5.74) is 8.39. The second kappa shape index (κ2) is 6.74. The van der Waals surface area contributed by atoms with Crippen molar-refractivity contribution >= 4 is 39.9 Å². The Labute approximate surface area is 132 Å². The van der Waals surface area contributed by atoms with Crippen LogP contribution in [-0.4, -0.2) is 5.91 Å². The van der Waals surface area contributed by atoms with Crippen molar-refractivity contribution < 1.29 is 4.79 Å². The predicted octanol–water partition coefficient (Wildman–Crippen LogP) is 4.01. The molecule has 0 aliphatic carbocycles. The summed E-state index contributed by atoms with van der Waals surface area (Å²) in [6.07, 6.45) is 0.453. The topological polar surface area (TPSA) is 55.1 Å². The number of para-hydroxylation sites is 1. The highest BCUT2D eigenvalue weighted by Crippen LogP contribution is 2.22. The van der Waals surface area contributed by atoms with Gasteiger partial charge in [0.2, 0.25) is 5.91 Å². The predicted molar refractivity (Wildman–Crippen MR) is 91.7 cm³/mol. The fraction of sp³-hybridized carbons (Fsp3) is 0.188. The van der Waals surface area contributed by atoms with Crippen LogP contribution in [0.25, 0.3) is 0 Å². The molecule has 0 bridgehead atoms. The smallest absolute Gasteiger partial charge is 0.225 e. The number of anilines is 2. The molecule has 2 aromatic rings. The van der Waals surface area contributed by atoms with E-state index < -0.39 is 0 Å². The van der Waals surface area contributed by atoms with Crippen LogP contribution in [0.15, 0.2) is 48.5 Å². The number of rotatable bonds is 4. The summed E-state index contributed by atoms with van der Waals surface area (Å²) in [6, 6.07) is 15.4. The van der Waals surface area contributed by atoms with Crippen molar-refractivity contribution in [3.8, 4) is 0 Å². The van der Waals surface area contributed by atoms with Crippen molar-refractivity contribution in [2.75, 3.05) is 11.1 Å². The van der Waals surface area contributed by atoms with Gasteiger partial charge in [0.15, 0.2) is 0 Å². The molecule has 0 saturated carbocycles. The molecule has 0 heterocycles. The zero-order valence-electron chi connectivity index (χ0n) is 11.3. The number of benzene rings is 2. The third-order valence-electron chi connectivity index (χ3n) is 3.15. The first kappa shape index (κ1) is 14.8. The van der Waals surface area contributed by atoms with Crippen molar-refractivity contribution in [1.82, 2.24) is 0 Å². The van der Waals surface area contributed by atoms with E-state index in [2.05, 4.69) is 27.9 Å². The Morgan fingerprint density at radius 3 is 2.50 bits per heavy atom. The first-order valence-electron chi connectivity index (χ1n) is 6.46. The van der Waals surface area contributed by atoms with Crippen molar-refractivity contribution in [3.63, 3.8) is 0 Å². The SMILES string of the molecule is CC(CC(=O)Nc1ccccc1I)c1ccc(N)cc1. The van der Waals surface area contributed by atoms with Crippen molar-refractivity contribution in [2.24, 2.45) is 0 Å². The lowest BCUT2D eigenvalue weighted by atomic mass is 9.97. The number of carbonyl (C=O) groups excluding carboxylic acids is 1. The van der Waals surface area contributed by atoms with E-state index in [0.29, 0.717) is 6.42 Å². The molecule has 0 aromatic heterocycles. The molecule has 0 fully saturated rings. The Balaban J connectivity index is 1.98. The minimum absolute atomic E-state index is 0.0263. The van der Waals surface area contributed by atoms with Crippen molar-refractivity contribution in [1.29, 1.82) is 0 Å². The largest absolute Gasteiger partial charge is 0.399 e. The second-order valence-electron chi connectivity index (χ2n) is 4.80. The highest BCUT2D eigenvalue weighted by Gasteiger charge is 2.12. The maximum absolute atomic E-state index is 12.1. The van der Waals surface area contributed by atoms with E-state index >= 15 is 0 Å². The number of nitrogens with one attached hydrogen (secondary N) is 1. The minimum Gasteiger partial charge on any atom is -0.399 e. The van der Waals surface area contributed by atoms with Gasteiger partial charge >= 0.3 is 0 Å². The monoisotopic (exact) mass is 380 g/mol. The van der Waals surface area contributed by atoms with Crippen LogP contribution < -0.4 is 11.1 Å². The number of halogens is 1. The number of carbonyl (C=O) groups is 1. The van der Waals surface area contributed by atoms with Crippen LogP contribution in [0.2, 0.25) is 0 Å². The van der Waals surface area contributed by atoms with Gasteiger partial charge in [-0.15, -0.1) is 0 Å². The van der Waals surface area contributed by atoms with Crippen molar-refractivity contribution in [2.45, 2.75) is 19.3 Å². The molecule has 0 aliphatic rings. The Kier molecular flexibility index (Phi) is 5.00. The molecule has 1 amide bonds. The Morgan fingerprint density at radius 1 is 1.20 bits per heavy atom. The van der Waals surface area contributed by atoms with E-state index in [1.165, 1.54) is 0 Å². The van der Waals surface area contributed by atoms with Gasteiger partial charge in [-0.1, -0.05) is 31.2 Å². The third kappa shape index (κ3) is 3.96. The lowest BCUT2D eigenvalue weighted by Crippen LogP contribution is -2.15. The Bertz CT molecular complexity index is 596. The van der Waals surface area contributed by atoms with Crippen LogP contribution in [0.4, 0.5) is 11.4 Å². The normalized spacial score (nSPS) is 11.9. The summed E-state index contributed by atoms with van der Waals surface area (Å²) in [6.45, 7) is 2.04. The zero-order valence-corrected chi connectivity index (χ0v) is 13.4. The molecule has 1 unspecified atom stereocenters. The molecule has 0 saturated heterocycles. The van der Waals surface area contributed by atoms with E-state index in [-0.39, 0.29) is 11.8 Å². The van der Waals surface area contributed by atoms with E-state index in [0.717, 1.165) is 20.5 Å².